The Morgan fingerprint density at radius 3 is 2.68 bits per heavy atom. The molecule has 2 aromatic rings. The molecule has 0 aliphatic heterocycles. The fourth-order valence-corrected chi connectivity index (χ4v) is 1.82. The maximum absolute atomic E-state index is 12.2. The first-order valence-corrected chi connectivity index (χ1v) is 7.02. The third-order valence-corrected chi connectivity index (χ3v) is 3.08. The molecular formula is C15H14N4O6. The smallest absolute Gasteiger partial charge is 0.359 e. The number of non-ortho nitro benzene ring substituents is 1. The van der Waals surface area contributed by atoms with E-state index >= 15 is 0 Å². The highest BCUT2D eigenvalue weighted by atomic mass is 16.6. The zero-order valence-corrected chi connectivity index (χ0v) is 13.3. The lowest BCUT2D eigenvalue weighted by molar-refractivity contribution is -0.384. The molecule has 1 amide bonds. The zero-order valence-electron chi connectivity index (χ0n) is 13.3. The van der Waals surface area contributed by atoms with Gasteiger partial charge in [0.15, 0.2) is 11.8 Å². The molecule has 1 atom stereocenters. The first-order valence-electron chi connectivity index (χ1n) is 7.02. The molecule has 1 N–H and O–H groups in total. The molecule has 0 aliphatic rings. The van der Waals surface area contributed by atoms with Crippen LogP contribution in [-0.4, -0.2) is 40.0 Å². The predicted molar refractivity (Wildman–Crippen MR) is 85.2 cm³/mol. The number of anilines is 1. The third kappa shape index (κ3) is 4.47. The number of amides is 1. The Morgan fingerprint density at radius 2 is 2.08 bits per heavy atom. The predicted octanol–water partition coefficient (Wildman–Crippen LogP) is 1.58. The second-order valence-electron chi connectivity index (χ2n) is 4.77. The lowest BCUT2D eigenvalue weighted by Gasteiger charge is -2.14. The summed E-state index contributed by atoms with van der Waals surface area (Å²) in [6.45, 7) is 1.35. The highest BCUT2D eigenvalue weighted by Gasteiger charge is 2.22. The number of nitrogens with zero attached hydrogens (tertiary/aromatic N) is 3. The van der Waals surface area contributed by atoms with Crippen LogP contribution in [-0.2, 0) is 9.53 Å². The van der Waals surface area contributed by atoms with Gasteiger partial charge in [0.1, 0.15) is 5.75 Å². The summed E-state index contributed by atoms with van der Waals surface area (Å²) in [7, 11) is 1.36. The van der Waals surface area contributed by atoms with Gasteiger partial charge in [-0.15, -0.1) is 0 Å². The first-order chi connectivity index (χ1) is 11.9. The lowest BCUT2D eigenvalue weighted by atomic mass is 10.2. The third-order valence-electron chi connectivity index (χ3n) is 3.08. The van der Waals surface area contributed by atoms with E-state index in [4.69, 9.17) is 9.47 Å². The van der Waals surface area contributed by atoms with Gasteiger partial charge in [-0.3, -0.25) is 19.9 Å². The second-order valence-corrected chi connectivity index (χ2v) is 4.77. The maximum Gasteiger partial charge on any atom is 0.359 e. The standard InChI is InChI=1S/C15H14N4O6/c1-9(25-15(21)12-8-16-5-6-17-12)14(20)18-11-7-10(19(22)23)3-4-13(11)24-2/h3-9H,1-2H3,(H,18,20). The largest absolute Gasteiger partial charge is 0.495 e. The second kappa shape index (κ2) is 7.81. The first kappa shape index (κ1) is 17.8. The van der Waals surface area contributed by atoms with Gasteiger partial charge in [0.25, 0.3) is 11.6 Å². The number of hydrogen-bond donors (Lipinski definition) is 1. The topological polar surface area (TPSA) is 134 Å². The summed E-state index contributed by atoms with van der Waals surface area (Å²) in [5, 5.41) is 13.3. The molecule has 2 rings (SSSR count). The number of carbonyl (C=O) groups is 2. The van der Waals surface area contributed by atoms with Crippen LogP contribution in [0.4, 0.5) is 11.4 Å². The molecule has 10 nitrogen and oxygen atoms in total. The number of ether oxygens (including phenoxy) is 2. The minimum atomic E-state index is -1.17. The van der Waals surface area contributed by atoms with E-state index in [1.807, 2.05) is 0 Å². The lowest BCUT2D eigenvalue weighted by Crippen LogP contribution is -2.30. The van der Waals surface area contributed by atoms with Gasteiger partial charge < -0.3 is 14.8 Å². The van der Waals surface area contributed by atoms with E-state index in [-0.39, 0.29) is 22.8 Å². The van der Waals surface area contributed by atoms with Crippen molar-refractivity contribution in [2.45, 2.75) is 13.0 Å². The van der Waals surface area contributed by atoms with Crippen molar-refractivity contribution in [1.82, 2.24) is 9.97 Å². The van der Waals surface area contributed by atoms with E-state index in [1.165, 1.54) is 44.8 Å². The molecule has 1 unspecified atom stereocenters. The average Bonchev–Trinajstić information content (AvgIpc) is 2.62. The van der Waals surface area contributed by atoms with Crippen LogP contribution >= 0.6 is 0 Å². The Morgan fingerprint density at radius 1 is 1.32 bits per heavy atom. The number of nitro benzene ring substituents is 1. The summed E-state index contributed by atoms with van der Waals surface area (Å²) >= 11 is 0. The van der Waals surface area contributed by atoms with Crippen molar-refractivity contribution in [1.29, 1.82) is 0 Å². The van der Waals surface area contributed by atoms with Crippen molar-refractivity contribution in [3.05, 3.63) is 52.6 Å². The molecule has 0 fully saturated rings. The van der Waals surface area contributed by atoms with Crippen molar-refractivity contribution >= 4 is 23.3 Å². The van der Waals surface area contributed by atoms with Crippen LogP contribution in [0.5, 0.6) is 5.75 Å². The van der Waals surface area contributed by atoms with Gasteiger partial charge in [-0.2, -0.15) is 0 Å². The molecule has 0 radical (unpaired) electrons. The van der Waals surface area contributed by atoms with E-state index in [2.05, 4.69) is 15.3 Å². The Bertz CT molecular complexity index is 796. The number of benzene rings is 1. The van der Waals surface area contributed by atoms with Crippen LogP contribution in [0.2, 0.25) is 0 Å². The molecule has 0 bridgehead atoms. The number of nitrogens with one attached hydrogen (secondary N) is 1. The van der Waals surface area contributed by atoms with E-state index in [0.29, 0.717) is 0 Å². The van der Waals surface area contributed by atoms with Crippen LogP contribution in [0, 0.1) is 10.1 Å². The van der Waals surface area contributed by atoms with Crippen LogP contribution in [0.25, 0.3) is 0 Å². The van der Waals surface area contributed by atoms with Crippen LogP contribution in [0.15, 0.2) is 36.8 Å². The van der Waals surface area contributed by atoms with Crippen LogP contribution in [0.1, 0.15) is 17.4 Å². The molecule has 25 heavy (non-hydrogen) atoms. The van der Waals surface area contributed by atoms with Crippen molar-refractivity contribution in [3.63, 3.8) is 0 Å². The van der Waals surface area contributed by atoms with Crippen molar-refractivity contribution < 1.29 is 24.0 Å². The fraction of sp³-hybridized carbons (Fsp3) is 0.200. The Balaban J connectivity index is 2.09. The summed E-state index contributed by atoms with van der Waals surface area (Å²) in [5.74, 6) is -1.27. The van der Waals surface area contributed by atoms with Crippen molar-refractivity contribution in [3.8, 4) is 5.75 Å². The average molecular weight is 346 g/mol. The summed E-state index contributed by atoms with van der Waals surface area (Å²) < 4.78 is 10.0. The number of nitro groups is 1. The van der Waals surface area contributed by atoms with Gasteiger partial charge in [-0.05, 0) is 13.0 Å². The van der Waals surface area contributed by atoms with E-state index < -0.39 is 22.9 Å². The van der Waals surface area contributed by atoms with Crippen LogP contribution in [0.3, 0.4) is 0 Å². The minimum absolute atomic E-state index is 0.0462. The number of rotatable bonds is 6. The number of hydrogen-bond acceptors (Lipinski definition) is 8. The van der Waals surface area contributed by atoms with E-state index in [9.17, 15) is 19.7 Å². The fourth-order valence-electron chi connectivity index (χ4n) is 1.82. The summed E-state index contributed by atoms with van der Waals surface area (Å²) in [6, 6.07) is 3.74. The van der Waals surface area contributed by atoms with Gasteiger partial charge in [-0.1, -0.05) is 0 Å². The van der Waals surface area contributed by atoms with Gasteiger partial charge >= 0.3 is 5.97 Å². The Kier molecular flexibility index (Phi) is 5.56. The van der Waals surface area contributed by atoms with Crippen molar-refractivity contribution in [2.75, 3.05) is 12.4 Å². The molecule has 0 saturated heterocycles. The monoisotopic (exact) mass is 346 g/mol. The molecule has 0 spiro atoms. The highest BCUT2D eigenvalue weighted by Crippen LogP contribution is 2.29. The SMILES string of the molecule is COc1ccc([N+](=O)[O-])cc1NC(=O)C(C)OC(=O)c1cnccn1. The molecule has 130 valence electrons. The summed E-state index contributed by atoms with van der Waals surface area (Å²) in [5.41, 5.74) is -0.181. The summed E-state index contributed by atoms with van der Waals surface area (Å²) in [6.07, 6.45) is 2.74. The molecule has 1 aromatic heterocycles. The molecule has 0 saturated carbocycles. The van der Waals surface area contributed by atoms with Gasteiger partial charge in [0, 0.05) is 24.5 Å². The molecular weight excluding hydrogens is 332 g/mol. The van der Waals surface area contributed by atoms with Gasteiger partial charge in [0.05, 0.1) is 23.9 Å². The zero-order chi connectivity index (χ0) is 18.4. The molecule has 10 heteroatoms. The number of carbonyl (C=O) groups excluding carboxylic acids is 2. The quantitative estimate of drug-likeness (QED) is 0.473. The highest BCUT2D eigenvalue weighted by molar-refractivity contribution is 5.97. The molecule has 1 aromatic carbocycles. The Hall–Kier alpha value is -3.56. The number of esters is 1. The van der Waals surface area contributed by atoms with Crippen LogP contribution < -0.4 is 10.1 Å². The normalized spacial score (nSPS) is 11.3. The van der Waals surface area contributed by atoms with E-state index in [1.54, 1.807) is 0 Å². The summed E-state index contributed by atoms with van der Waals surface area (Å²) in [4.78, 5) is 41.8. The van der Waals surface area contributed by atoms with Gasteiger partial charge in [0.2, 0.25) is 0 Å². The molecule has 1 heterocycles. The minimum Gasteiger partial charge on any atom is -0.495 e. The number of aromatic nitrogens is 2. The van der Waals surface area contributed by atoms with E-state index in [0.717, 1.165) is 6.07 Å². The Labute approximate surface area is 142 Å². The molecule has 0 aliphatic carbocycles. The van der Waals surface area contributed by atoms with Gasteiger partial charge in [-0.25, -0.2) is 9.78 Å². The van der Waals surface area contributed by atoms with Crippen molar-refractivity contribution in [2.24, 2.45) is 0 Å². The maximum atomic E-state index is 12.2. The number of methoxy groups -OCH3 is 1.